The van der Waals surface area contributed by atoms with Crippen LogP contribution in [0.1, 0.15) is 32.3 Å². The lowest BCUT2D eigenvalue weighted by Gasteiger charge is -2.08. The number of carbonyl (C=O) groups is 1. The van der Waals surface area contributed by atoms with E-state index in [-0.39, 0.29) is 5.91 Å². The first-order valence-corrected chi connectivity index (χ1v) is 7.17. The molecule has 1 aromatic rings. The van der Waals surface area contributed by atoms with Crippen molar-refractivity contribution < 1.29 is 9.53 Å². The van der Waals surface area contributed by atoms with Crippen molar-refractivity contribution in [2.24, 2.45) is 11.7 Å². The zero-order valence-corrected chi connectivity index (χ0v) is 12.8. The summed E-state index contributed by atoms with van der Waals surface area (Å²) in [4.78, 5) is 12.0. The molecular formula is C15H22N2O2S. The Morgan fingerprint density at radius 2 is 1.95 bits per heavy atom. The molecular weight excluding hydrogens is 272 g/mol. The lowest BCUT2D eigenvalue weighted by molar-refractivity contribution is -0.117. The maximum Gasteiger partial charge on any atom is 0.226 e. The fourth-order valence-electron chi connectivity index (χ4n) is 1.53. The summed E-state index contributed by atoms with van der Waals surface area (Å²) in [5.74, 6) is 0.564. The highest BCUT2D eigenvalue weighted by Gasteiger charge is 2.03. The lowest BCUT2D eigenvalue weighted by Crippen LogP contribution is -2.15. The van der Waals surface area contributed by atoms with Crippen LogP contribution in [0.25, 0.3) is 0 Å². The number of ether oxygens (including phenoxy) is 1. The summed E-state index contributed by atoms with van der Waals surface area (Å²) in [6, 6.07) is 7.15. The van der Waals surface area contributed by atoms with Crippen LogP contribution in [0.2, 0.25) is 0 Å². The summed E-state index contributed by atoms with van der Waals surface area (Å²) < 4.78 is 5.41. The van der Waals surface area contributed by atoms with Crippen molar-refractivity contribution in [2.45, 2.75) is 26.7 Å². The summed E-state index contributed by atoms with van der Waals surface area (Å²) in [7, 11) is 0. The molecule has 20 heavy (non-hydrogen) atoms. The molecule has 5 heteroatoms. The highest BCUT2D eigenvalue weighted by molar-refractivity contribution is 7.80. The number of amides is 1. The van der Waals surface area contributed by atoms with Crippen molar-refractivity contribution >= 4 is 28.8 Å². The monoisotopic (exact) mass is 294 g/mol. The SMILES string of the molecule is CC(C)CCOCCC(=O)Nc1ccc(C(N)=S)cc1. The van der Waals surface area contributed by atoms with E-state index >= 15 is 0 Å². The summed E-state index contributed by atoms with van der Waals surface area (Å²) in [6.45, 7) is 5.44. The number of nitrogens with one attached hydrogen (secondary N) is 1. The highest BCUT2D eigenvalue weighted by Crippen LogP contribution is 2.10. The van der Waals surface area contributed by atoms with Gasteiger partial charge in [0.25, 0.3) is 0 Å². The molecule has 0 aliphatic rings. The third-order valence-corrected chi connectivity index (χ3v) is 3.00. The summed E-state index contributed by atoms with van der Waals surface area (Å²) in [5.41, 5.74) is 7.03. The van der Waals surface area contributed by atoms with Crippen molar-refractivity contribution in [1.82, 2.24) is 0 Å². The van der Waals surface area contributed by atoms with Crippen LogP contribution in [0.4, 0.5) is 5.69 Å². The van der Waals surface area contributed by atoms with Crippen molar-refractivity contribution in [3.8, 4) is 0 Å². The molecule has 0 aromatic heterocycles. The van der Waals surface area contributed by atoms with Gasteiger partial charge in [0.2, 0.25) is 5.91 Å². The third kappa shape index (κ3) is 6.63. The Hall–Kier alpha value is -1.46. The number of hydrogen-bond acceptors (Lipinski definition) is 3. The zero-order chi connectivity index (χ0) is 15.0. The predicted molar refractivity (Wildman–Crippen MR) is 85.9 cm³/mol. The van der Waals surface area contributed by atoms with Gasteiger partial charge in [-0.25, -0.2) is 0 Å². The van der Waals surface area contributed by atoms with Gasteiger partial charge in [-0.05, 0) is 36.6 Å². The second-order valence-corrected chi connectivity index (χ2v) is 5.47. The van der Waals surface area contributed by atoms with Gasteiger partial charge < -0.3 is 15.8 Å². The second kappa shape index (κ2) is 8.66. The Labute approximate surface area is 125 Å². The average molecular weight is 294 g/mol. The highest BCUT2D eigenvalue weighted by atomic mass is 32.1. The van der Waals surface area contributed by atoms with Crippen LogP contribution in [0, 0.1) is 5.92 Å². The normalized spacial score (nSPS) is 10.6. The molecule has 0 aliphatic heterocycles. The van der Waals surface area contributed by atoms with Gasteiger partial charge in [-0.2, -0.15) is 0 Å². The molecule has 0 bridgehead atoms. The molecule has 0 aliphatic carbocycles. The number of benzene rings is 1. The van der Waals surface area contributed by atoms with Crippen LogP contribution in [0.3, 0.4) is 0 Å². The van der Waals surface area contributed by atoms with Gasteiger partial charge >= 0.3 is 0 Å². The fourth-order valence-corrected chi connectivity index (χ4v) is 1.66. The molecule has 0 radical (unpaired) electrons. The fraction of sp³-hybridized carbons (Fsp3) is 0.467. The van der Waals surface area contributed by atoms with E-state index in [9.17, 15) is 4.79 Å². The minimum absolute atomic E-state index is 0.0578. The van der Waals surface area contributed by atoms with E-state index in [1.54, 1.807) is 24.3 Å². The Kier molecular flexibility index (Phi) is 7.18. The average Bonchev–Trinajstić information content (AvgIpc) is 2.38. The van der Waals surface area contributed by atoms with Crippen molar-refractivity contribution in [3.05, 3.63) is 29.8 Å². The van der Waals surface area contributed by atoms with Crippen LogP contribution >= 0.6 is 12.2 Å². The molecule has 0 unspecified atom stereocenters. The first-order chi connectivity index (χ1) is 9.49. The number of anilines is 1. The van der Waals surface area contributed by atoms with Gasteiger partial charge in [-0.3, -0.25) is 4.79 Å². The standard InChI is InChI=1S/C15H22N2O2S/c1-11(2)7-9-19-10-8-14(18)17-13-5-3-12(4-6-13)15(16)20/h3-6,11H,7-10H2,1-2H3,(H2,16,20)(H,17,18). The van der Waals surface area contributed by atoms with Crippen molar-refractivity contribution in [1.29, 1.82) is 0 Å². The minimum Gasteiger partial charge on any atom is -0.389 e. The maximum atomic E-state index is 11.7. The second-order valence-electron chi connectivity index (χ2n) is 5.03. The molecule has 0 saturated carbocycles. The molecule has 1 aromatic carbocycles. The van der Waals surface area contributed by atoms with Gasteiger partial charge in [0, 0.05) is 17.9 Å². The number of rotatable bonds is 8. The molecule has 3 N–H and O–H groups in total. The van der Waals surface area contributed by atoms with E-state index in [2.05, 4.69) is 19.2 Å². The molecule has 110 valence electrons. The summed E-state index contributed by atoms with van der Waals surface area (Å²) >= 11 is 4.87. The van der Waals surface area contributed by atoms with Crippen LogP contribution in [0.5, 0.6) is 0 Å². The summed E-state index contributed by atoms with van der Waals surface area (Å²) in [5, 5.41) is 2.80. The predicted octanol–water partition coefficient (Wildman–Crippen LogP) is 2.71. The van der Waals surface area contributed by atoms with Gasteiger partial charge in [0.1, 0.15) is 4.99 Å². The van der Waals surface area contributed by atoms with Crippen LogP contribution in [-0.4, -0.2) is 24.1 Å². The lowest BCUT2D eigenvalue weighted by atomic mass is 10.1. The van der Waals surface area contributed by atoms with Gasteiger partial charge in [-0.15, -0.1) is 0 Å². The molecule has 0 atom stereocenters. The first-order valence-electron chi connectivity index (χ1n) is 6.76. The number of thiocarbonyl (C=S) groups is 1. The van der Waals surface area contributed by atoms with E-state index in [4.69, 9.17) is 22.7 Å². The van der Waals surface area contributed by atoms with E-state index in [0.717, 1.165) is 17.7 Å². The molecule has 1 amide bonds. The molecule has 1 rings (SSSR count). The maximum absolute atomic E-state index is 11.7. The van der Waals surface area contributed by atoms with Crippen LogP contribution in [0.15, 0.2) is 24.3 Å². The largest absolute Gasteiger partial charge is 0.389 e. The molecule has 0 heterocycles. The van der Waals surface area contributed by atoms with E-state index in [0.29, 0.717) is 30.5 Å². The molecule has 4 nitrogen and oxygen atoms in total. The van der Waals surface area contributed by atoms with Crippen molar-refractivity contribution in [3.63, 3.8) is 0 Å². The Bertz CT molecular complexity index is 444. The Morgan fingerprint density at radius 1 is 1.30 bits per heavy atom. The topological polar surface area (TPSA) is 64.3 Å². The smallest absolute Gasteiger partial charge is 0.226 e. The minimum atomic E-state index is -0.0578. The third-order valence-electron chi connectivity index (χ3n) is 2.77. The number of carbonyl (C=O) groups excluding carboxylic acids is 1. The van der Waals surface area contributed by atoms with Crippen LogP contribution < -0.4 is 11.1 Å². The molecule has 0 fully saturated rings. The number of nitrogens with two attached hydrogens (primary N) is 1. The van der Waals surface area contributed by atoms with Crippen molar-refractivity contribution in [2.75, 3.05) is 18.5 Å². The van der Waals surface area contributed by atoms with Gasteiger partial charge in [0.15, 0.2) is 0 Å². The Morgan fingerprint density at radius 3 is 2.50 bits per heavy atom. The zero-order valence-electron chi connectivity index (χ0n) is 12.0. The first kappa shape index (κ1) is 16.6. The van der Waals surface area contributed by atoms with E-state index in [1.165, 1.54) is 0 Å². The summed E-state index contributed by atoms with van der Waals surface area (Å²) in [6.07, 6.45) is 1.37. The molecule has 0 saturated heterocycles. The number of hydrogen-bond donors (Lipinski definition) is 2. The van der Waals surface area contributed by atoms with Gasteiger partial charge in [0.05, 0.1) is 13.0 Å². The Balaban J connectivity index is 2.26. The quantitative estimate of drug-likeness (QED) is 0.571. The molecule has 0 spiro atoms. The van der Waals surface area contributed by atoms with Crippen LogP contribution in [-0.2, 0) is 9.53 Å². The van der Waals surface area contributed by atoms with Gasteiger partial charge in [-0.1, -0.05) is 26.1 Å². The van der Waals surface area contributed by atoms with E-state index in [1.807, 2.05) is 0 Å². The van der Waals surface area contributed by atoms with E-state index < -0.39 is 0 Å².